The first kappa shape index (κ1) is 25.2. The Kier molecular flexibility index (Phi) is 7.90. The van der Waals surface area contributed by atoms with Gasteiger partial charge in [-0.05, 0) is 55.3 Å². The van der Waals surface area contributed by atoms with Crippen molar-refractivity contribution >= 4 is 33.2 Å². The van der Waals surface area contributed by atoms with Crippen LogP contribution in [0, 0.1) is 0 Å². The highest BCUT2D eigenvalue weighted by molar-refractivity contribution is 7.92. The molecule has 188 valence electrons. The second-order valence-electron chi connectivity index (χ2n) is 8.32. The average molecular weight is 508 g/mol. The molecule has 1 saturated heterocycles. The van der Waals surface area contributed by atoms with Crippen molar-refractivity contribution in [1.82, 2.24) is 5.32 Å². The molecule has 3 aromatic carbocycles. The molecule has 36 heavy (non-hydrogen) atoms. The van der Waals surface area contributed by atoms with E-state index in [9.17, 15) is 18.0 Å². The minimum absolute atomic E-state index is 0.0760. The predicted molar refractivity (Wildman–Crippen MR) is 138 cm³/mol. The molecule has 1 N–H and O–H groups in total. The Hall–Kier alpha value is -3.85. The van der Waals surface area contributed by atoms with Crippen molar-refractivity contribution in [1.29, 1.82) is 0 Å². The molecule has 9 heteroatoms. The second-order valence-corrected chi connectivity index (χ2v) is 10.2. The van der Waals surface area contributed by atoms with Crippen molar-refractivity contribution in [2.75, 3.05) is 28.9 Å². The Morgan fingerprint density at radius 2 is 1.78 bits per heavy atom. The Labute approximate surface area is 211 Å². The third-order valence-electron chi connectivity index (χ3n) is 5.84. The van der Waals surface area contributed by atoms with Crippen molar-refractivity contribution in [3.63, 3.8) is 0 Å². The van der Waals surface area contributed by atoms with Gasteiger partial charge in [0.2, 0.25) is 11.8 Å². The van der Waals surface area contributed by atoms with Crippen LogP contribution < -0.4 is 19.3 Å². The molecule has 0 spiro atoms. The minimum Gasteiger partial charge on any atom is -0.492 e. The summed E-state index contributed by atoms with van der Waals surface area (Å²) in [5, 5.41) is 2.81. The first-order valence-corrected chi connectivity index (χ1v) is 13.3. The number of amides is 2. The lowest BCUT2D eigenvalue weighted by atomic mass is 10.2. The lowest BCUT2D eigenvalue weighted by Gasteiger charge is -2.26. The van der Waals surface area contributed by atoms with Gasteiger partial charge in [0, 0.05) is 25.2 Å². The molecular weight excluding hydrogens is 478 g/mol. The zero-order valence-electron chi connectivity index (χ0n) is 20.1. The van der Waals surface area contributed by atoms with Gasteiger partial charge in [0.15, 0.2) is 0 Å². The number of para-hydroxylation sites is 2. The molecule has 1 fully saturated rings. The van der Waals surface area contributed by atoms with Gasteiger partial charge >= 0.3 is 0 Å². The van der Waals surface area contributed by atoms with Crippen molar-refractivity contribution in [3.8, 4) is 5.75 Å². The second kappa shape index (κ2) is 11.3. The van der Waals surface area contributed by atoms with Crippen LogP contribution in [-0.4, -0.2) is 39.9 Å². The average Bonchev–Trinajstić information content (AvgIpc) is 3.33. The molecule has 0 radical (unpaired) electrons. The Morgan fingerprint density at radius 3 is 2.50 bits per heavy atom. The van der Waals surface area contributed by atoms with E-state index in [0.29, 0.717) is 25.3 Å². The number of nitrogens with zero attached hydrogens (tertiary/aromatic N) is 2. The van der Waals surface area contributed by atoms with Crippen LogP contribution in [0.25, 0.3) is 0 Å². The number of anilines is 2. The van der Waals surface area contributed by atoms with Crippen LogP contribution in [0.4, 0.5) is 11.4 Å². The van der Waals surface area contributed by atoms with E-state index in [1.807, 2.05) is 31.2 Å². The van der Waals surface area contributed by atoms with Crippen LogP contribution in [0.5, 0.6) is 5.75 Å². The van der Waals surface area contributed by atoms with Crippen LogP contribution in [0.3, 0.4) is 0 Å². The van der Waals surface area contributed by atoms with Gasteiger partial charge in [-0.15, -0.1) is 0 Å². The highest BCUT2D eigenvalue weighted by atomic mass is 32.2. The van der Waals surface area contributed by atoms with E-state index in [1.54, 1.807) is 47.4 Å². The number of hydrogen-bond acceptors (Lipinski definition) is 5. The topological polar surface area (TPSA) is 96.0 Å². The fraction of sp³-hybridized carbons (Fsp3) is 0.259. The number of rotatable bonds is 10. The van der Waals surface area contributed by atoms with E-state index < -0.39 is 22.5 Å². The molecule has 0 bridgehead atoms. The summed E-state index contributed by atoms with van der Waals surface area (Å²) in [5.41, 5.74) is 1.89. The van der Waals surface area contributed by atoms with Gasteiger partial charge in [-0.3, -0.25) is 13.9 Å². The maximum Gasteiger partial charge on any atom is 0.264 e. The zero-order chi connectivity index (χ0) is 25.5. The summed E-state index contributed by atoms with van der Waals surface area (Å²) in [5.74, 6) is -0.00958. The molecule has 0 aliphatic carbocycles. The number of carbonyl (C=O) groups is 2. The molecule has 0 atom stereocenters. The Morgan fingerprint density at radius 1 is 1.03 bits per heavy atom. The van der Waals surface area contributed by atoms with Gasteiger partial charge in [0.25, 0.3) is 10.0 Å². The third-order valence-corrected chi connectivity index (χ3v) is 7.61. The largest absolute Gasteiger partial charge is 0.492 e. The van der Waals surface area contributed by atoms with Crippen LogP contribution in [0.15, 0.2) is 83.8 Å². The summed E-state index contributed by atoms with van der Waals surface area (Å²) in [4.78, 5) is 26.9. The maximum absolute atomic E-state index is 13.6. The SMILES string of the molecule is CCOc1ccccc1N(CC(=O)NCc1cccc(N2CCCC2=O)c1)S(=O)(=O)c1ccccc1. The van der Waals surface area contributed by atoms with Crippen LogP contribution in [0.1, 0.15) is 25.3 Å². The van der Waals surface area contributed by atoms with Gasteiger partial charge in [-0.25, -0.2) is 8.42 Å². The molecule has 0 saturated carbocycles. The molecule has 2 amide bonds. The van der Waals surface area contributed by atoms with Crippen molar-refractivity contribution in [2.45, 2.75) is 31.2 Å². The predicted octanol–water partition coefficient (Wildman–Crippen LogP) is 3.72. The zero-order valence-corrected chi connectivity index (χ0v) is 20.9. The molecule has 0 unspecified atom stereocenters. The molecule has 0 aromatic heterocycles. The highest BCUT2D eigenvalue weighted by Gasteiger charge is 2.29. The lowest BCUT2D eigenvalue weighted by Crippen LogP contribution is -2.41. The molecular formula is C27H29N3O5S. The van der Waals surface area contributed by atoms with Gasteiger partial charge in [-0.1, -0.05) is 42.5 Å². The van der Waals surface area contributed by atoms with E-state index in [1.165, 1.54) is 12.1 Å². The van der Waals surface area contributed by atoms with Crippen LogP contribution in [0.2, 0.25) is 0 Å². The standard InChI is InChI=1S/C27H29N3O5S/c1-2-35-25-15-7-6-14-24(25)30(36(33,34)23-12-4-3-5-13-23)20-26(31)28-19-21-10-8-11-22(18-21)29-17-9-16-27(29)32/h3-8,10-15,18H,2,9,16-17,19-20H2,1H3,(H,28,31). The minimum atomic E-state index is -4.05. The third kappa shape index (κ3) is 5.68. The number of nitrogens with one attached hydrogen (secondary N) is 1. The number of ether oxygens (including phenoxy) is 1. The highest BCUT2D eigenvalue weighted by Crippen LogP contribution is 2.32. The normalized spacial score (nSPS) is 13.5. The quantitative estimate of drug-likeness (QED) is 0.451. The lowest BCUT2D eigenvalue weighted by molar-refractivity contribution is -0.120. The first-order valence-electron chi connectivity index (χ1n) is 11.9. The maximum atomic E-state index is 13.6. The van der Waals surface area contributed by atoms with E-state index in [-0.39, 0.29) is 23.0 Å². The summed E-state index contributed by atoms with van der Waals surface area (Å²) < 4.78 is 33.9. The smallest absolute Gasteiger partial charge is 0.264 e. The van der Waals surface area contributed by atoms with Gasteiger partial charge < -0.3 is 15.0 Å². The van der Waals surface area contributed by atoms with Gasteiger partial charge in [-0.2, -0.15) is 0 Å². The monoisotopic (exact) mass is 507 g/mol. The Balaban J connectivity index is 1.55. The fourth-order valence-electron chi connectivity index (χ4n) is 4.10. The van der Waals surface area contributed by atoms with Crippen molar-refractivity contribution in [3.05, 3.63) is 84.4 Å². The summed E-state index contributed by atoms with van der Waals surface area (Å²) in [6.07, 6.45) is 1.37. The summed E-state index contributed by atoms with van der Waals surface area (Å²) in [7, 11) is -4.05. The first-order chi connectivity index (χ1) is 17.4. The number of carbonyl (C=O) groups excluding carboxylic acids is 2. The van der Waals surface area contributed by atoms with E-state index in [4.69, 9.17) is 4.74 Å². The molecule has 4 rings (SSSR count). The van der Waals surface area contributed by atoms with Crippen molar-refractivity contribution < 1.29 is 22.7 Å². The molecule has 1 aliphatic rings. The van der Waals surface area contributed by atoms with E-state index >= 15 is 0 Å². The van der Waals surface area contributed by atoms with Gasteiger partial charge in [0.05, 0.1) is 17.2 Å². The summed E-state index contributed by atoms with van der Waals surface area (Å²) in [6, 6.07) is 22.2. The van der Waals surface area contributed by atoms with Crippen molar-refractivity contribution in [2.24, 2.45) is 0 Å². The number of sulfonamides is 1. The summed E-state index contributed by atoms with van der Waals surface area (Å²) >= 11 is 0. The fourth-order valence-corrected chi connectivity index (χ4v) is 5.56. The summed E-state index contributed by atoms with van der Waals surface area (Å²) in [6.45, 7) is 2.61. The van der Waals surface area contributed by atoms with E-state index in [2.05, 4.69) is 5.32 Å². The number of hydrogen-bond donors (Lipinski definition) is 1. The van der Waals surface area contributed by atoms with Gasteiger partial charge in [0.1, 0.15) is 12.3 Å². The van der Waals surface area contributed by atoms with E-state index in [0.717, 1.165) is 22.0 Å². The van der Waals surface area contributed by atoms with Crippen LogP contribution in [-0.2, 0) is 26.2 Å². The molecule has 1 aliphatic heterocycles. The molecule has 3 aromatic rings. The Bertz CT molecular complexity index is 1330. The van der Waals surface area contributed by atoms with Crippen LogP contribution >= 0.6 is 0 Å². The molecule has 8 nitrogen and oxygen atoms in total. The molecule has 1 heterocycles. The number of benzene rings is 3.